The zero-order valence-corrected chi connectivity index (χ0v) is 66.0. The first-order valence-electron chi connectivity index (χ1n) is 39.1. The number of anilines is 1. The maximum Gasteiger partial charge on any atom is 0.488 e. The third-order valence-corrected chi connectivity index (χ3v) is 24.3. The first kappa shape index (κ1) is 82.0. The lowest BCUT2D eigenvalue weighted by Crippen LogP contribution is -2.53. The molecular formula is C90H92B3N9O14S. The monoisotopic (exact) mass is 1590 g/mol. The number of nitrogens with zero attached hydrogens (tertiary/aromatic N) is 6. The van der Waals surface area contributed by atoms with Crippen LogP contribution in [0.5, 0.6) is 0 Å². The fourth-order valence-electron chi connectivity index (χ4n) is 16.6. The summed E-state index contributed by atoms with van der Waals surface area (Å²) in [4.78, 5) is 84.8. The molecule has 0 bridgehead atoms. The quantitative estimate of drug-likeness (QED) is 0.0152. The van der Waals surface area contributed by atoms with E-state index in [4.69, 9.17) is 4.74 Å². The molecule has 0 aromatic heterocycles. The number of amides is 5. The lowest BCUT2D eigenvalue weighted by molar-refractivity contribution is -0.138. The highest BCUT2D eigenvalue weighted by Crippen LogP contribution is 2.45. The molecule has 1 aliphatic heterocycles. The van der Waals surface area contributed by atoms with E-state index in [0.717, 1.165) is 74.9 Å². The summed E-state index contributed by atoms with van der Waals surface area (Å²) in [5.41, 5.74) is 8.52. The van der Waals surface area contributed by atoms with E-state index in [0.29, 0.717) is 46.1 Å². The summed E-state index contributed by atoms with van der Waals surface area (Å²) in [6, 6.07) is 73.7. The van der Waals surface area contributed by atoms with Gasteiger partial charge in [-0.1, -0.05) is 237 Å². The second-order valence-electron chi connectivity index (χ2n) is 30.1. The third kappa shape index (κ3) is 18.5. The number of ether oxygens (including phenoxy) is 1. The van der Waals surface area contributed by atoms with Gasteiger partial charge in [-0.15, -0.1) is 0 Å². The van der Waals surface area contributed by atoms with Gasteiger partial charge in [0.15, 0.2) is 0 Å². The average Bonchev–Trinajstić information content (AvgIpc) is 1.72. The smallest absolute Gasteiger partial charge is 0.448 e. The van der Waals surface area contributed by atoms with Crippen LogP contribution in [0.2, 0.25) is 0 Å². The number of hydrogen-bond acceptors (Lipinski definition) is 17. The van der Waals surface area contributed by atoms with E-state index in [1.165, 1.54) is 30.1 Å². The van der Waals surface area contributed by atoms with Crippen LogP contribution < -0.4 is 37.2 Å². The molecular weight excluding hydrogens is 1500 g/mol. The predicted molar refractivity (Wildman–Crippen MR) is 458 cm³/mol. The molecule has 117 heavy (non-hydrogen) atoms. The van der Waals surface area contributed by atoms with Crippen LogP contribution in [0.1, 0.15) is 57.7 Å². The van der Waals surface area contributed by atoms with Crippen molar-refractivity contribution in [1.82, 2.24) is 39.9 Å². The van der Waals surface area contributed by atoms with Gasteiger partial charge in [0.1, 0.15) is 18.7 Å². The Hall–Kier alpha value is -11.6. The van der Waals surface area contributed by atoms with Gasteiger partial charge in [-0.3, -0.25) is 33.9 Å². The largest absolute Gasteiger partial charge is 0.488 e. The molecule has 596 valence electrons. The number of likely N-dealkylation sites (tertiary alicyclic amines) is 1. The molecule has 2 aliphatic rings. The van der Waals surface area contributed by atoms with Crippen LogP contribution in [-0.2, 0) is 66.7 Å². The van der Waals surface area contributed by atoms with Crippen LogP contribution in [0.4, 0.5) is 10.5 Å². The first-order chi connectivity index (χ1) is 56.6. The molecule has 1 aliphatic carbocycles. The Morgan fingerprint density at radius 1 is 0.504 bits per heavy atom. The lowest BCUT2D eigenvalue weighted by atomic mass is 9.77. The van der Waals surface area contributed by atoms with E-state index in [-0.39, 0.29) is 86.1 Å². The molecule has 14 rings (SSSR count). The van der Waals surface area contributed by atoms with Crippen LogP contribution in [0.3, 0.4) is 0 Å². The molecule has 1 heterocycles. The molecule has 12 aromatic rings. The Bertz CT molecular complexity index is 5680. The fourth-order valence-corrected chi connectivity index (χ4v) is 18.2. The maximum absolute atomic E-state index is 15.9. The van der Waals surface area contributed by atoms with E-state index in [1.807, 2.05) is 165 Å². The summed E-state index contributed by atoms with van der Waals surface area (Å²) >= 11 is 0. The predicted octanol–water partition coefficient (Wildman–Crippen LogP) is 6.96. The zero-order valence-electron chi connectivity index (χ0n) is 65.2. The number of rotatable bonds is 32. The van der Waals surface area contributed by atoms with Gasteiger partial charge in [-0.05, 0) is 123 Å². The van der Waals surface area contributed by atoms with E-state index in [9.17, 15) is 39.7 Å². The van der Waals surface area contributed by atoms with E-state index < -0.39 is 98.7 Å². The van der Waals surface area contributed by atoms with Crippen molar-refractivity contribution in [3.05, 3.63) is 294 Å². The number of fused-ring (bicyclic) bond motifs is 7. The van der Waals surface area contributed by atoms with Crippen LogP contribution in [0.15, 0.2) is 260 Å². The van der Waals surface area contributed by atoms with Crippen molar-refractivity contribution in [3.63, 3.8) is 0 Å². The van der Waals surface area contributed by atoms with E-state index in [2.05, 4.69) is 31.8 Å². The highest BCUT2D eigenvalue weighted by atomic mass is 32.2. The molecule has 0 spiro atoms. The molecule has 0 radical (unpaired) electrons. The van der Waals surface area contributed by atoms with Gasteiger partial charge in [0.2, 0.25) is 33.7 Å². The second-order valence-corrected chi connectivity index (χ2v) is 32.1. The van der Waals surface area contributed by atoms with Gasteiger partial charge in [-0.25, -0.2) is 13.2 Å². The maximum atomic E-state index is 15.9. The number of sulfonamides is 1. The van der Waals surface area contributed by atoms with Crippen LogP contribution in [0.25, 0.3) is 54.2 Å². The molecule has 9 N–H and O–H groups in total. The summed E-state index contributed by atoms with van der Waals surface area (Å²) in [5.74, 6) is -3.41. The number of carbonyl (C=O) groups is 5. The van der Waals surface area contributed by atoms with Gasteiger partial charge in [0, 0.05) is 115 Å². The molecule has 5 amide bonds. The summed E-state index contributed by atoms with van der Waals surface area (Å²) in [7, 11) is -5.36. The van der Waals surface area contributed by atoms with Crippen molar-refractivity contribution in [2.75, 3.05) is 71.9 Å². The van der Waals surface area contributed by atoms with Crippen molar-refractivity contribution in [1.29, 1.82) is 0 Å². The lowest BCUT2D eigenvalue weighted by Gasteiger charge is -2.29. The molecule has 1 saturated heterocycles. The first-order valence-corrected chi connectivity index (χ1v) is 40.6. The van der Waals surface area contributed by atoms with Crippen molar-refractivity contribution < 1.29 is 67.3 Å². The van der Waals surface area contributed by atoms with Crippen LogP contribution in [0, 0.1) is 0 Å². The minimum absolute atomic E-state index is 0.0232. The molecule has 23 nitrogen and oxygen atoms in total. The van der Waals surface area contributed by atoms with E-state index >= 15 is 22.8 Å². The Balaban J connectivity index is 0.779. The zero-order chi connectivity index (χ0) is 82.0. The number of carbonyl (C=O) groups excluding carboxylic acids is 5. The number of benzene rings is 12. The fraction of sp³-hybridized carbons (Fsp3) is 0.233. The molecule has 0 unspecified atom stereocenters. The average molecular weight is 1590 g/mol. The Kier molecular flexibility index (Phi) is 25.7. The Morgan fingerprint density at radius 2 is 0.974 bits per heavy atom. The van der Waals surface area contributed by atoms with Crippen molar-refractivity contribution in [2.24, 2.45) is 0 Å². The van der Waals surface area contributed by atoms with Gasteiger partial charge >= 0.3 is 27.4 Å². The SMILES string of the molecule is CN(C)c1cccc2c(S(=O)(=O)N(CC(=O)N3C[C@@H](NC(=O)[C@H](CC(=O)NCCN(Cc4ccccc4B(O)O)Cc4cccc5ccccc45)N(C)C(=O)OCC4c5ccccc5-c5ccccc54)C[C@H]3C(=O)NCCN(Cc3ccccc3B(O)O)Cc3c4ccccc4cc4ccccc34)Cc3ccccc3B(O)O)cccc12. The number of likely N-dealkylation sites (N-methyl/N-ethyl adjacent to an activating group) is 1. The highest BCUT2D eigenvalue weighted by molar-refractivity contribution is 7.89. The molecule has 27 heteroatoms. The van der Waals surface area contributed by atoms with Gasteiger partial charge < -0.3 is 60.6 Å². The summed E-state index contributed by atoms with van der Waals surface area (Å²) in [6.45, 7) is -0.454. The highest BCUT2D eigenvalue weighted by Gasteiger charge is 2.44. The topological polar surface area (TPSA) is 306 Å². The van der Waals surface area contributed by atoms with Gasteiger partial charge in [0.05, 0.1) is 17.9 Å². The number of nitrogens with one attached hydrogen (secondary N) is 3. The van der Waals surface area contributed by atoms with E-state index in [1.54, 1.807) is 84.9 Å². The molecule has 12 aromatic carbocycles. The standard InChI is InChI=1S/C90H92B3N9O14S/c1-97(2)82-43-21-39-76-75(82)38-22-44-85(76)117(114,115)101(55-66-28-9-19-42-81(66)93(112)113)58-87(104)102-56-67(50-84(102)88(105)95-46-48-100(54-65-27-8-18-41-80(65)92(110)111)57-77-69-32-11-5-24-61(69)49-62-25-6-12-33-70(62)77)96-89(106)83(98(3)90(107)116-59-78-73-36-15-13-34-71(73)72-35-14-16-37-74(72)78)51-86(103)94-45-47-99(53-64-26-7-17-40-79(64)91(108)109)52-63-30-20-29-60-23-4-10-31-68(60)63/h4-44,49,67,78,83-84,108-113H,45-48,50-59H2,1-3H3,(H,94,103)(H,95,105)(H,96,106)/t67-,83-,84-/m0/s1. The summed E-state index contributed by atoms with van der Waals surface area (Å²) in [6.07, 6.45) is -1.80. The normalized spacial score (nSPS) is 14.2. The van der Waals surface area contributed by atoms with Crippen LogP contribution in [-0.4, -0.2) is 199 Å². The summed E-state index contributed by atoms with van der Waals surface area (Å²) < 4.78 is 38.6. The van der Waals surface area contributed by atoms with Crippen LogP contribution >= 0.6 is 0 Å². The summed E-state index contributed by atoms with van der Waals surface area (Å²) in [5, 5.41) is 79.7. The third-order valence-electron chi connectivity index (χ3n) is 22.5. The number of hydrogen-bond donors (Lipinski definition) is 9. The molecule has 3 atom stereocenters. The molecule has 1 fully saturated rings. The Morgan fingerprint density at radius 3 is 1.57 bits per heavy atom. The van der Waals surface area contributed by atoms with Crippen molar-refractivity contribution in [2.45, 2.75) is 74.5 Å². The van der Waals surface area contributed by atoms with Gasteiger partial charge in [-0.2, -0.15) is 4.31 Å². The van der Waals surface area contributed by atoms with Gasteiger partial charge in [0.25, 0.3) is 0 Å². The minimum atomic E-state index is -4.76. The second kappa shape index (κ2) is 36.7. The Labute approximate surface area is 680 Å². The van der Waals surface area contributed by atoms with Crippen molar-refractivity contribution >= 4 is 126 Å². The van der Waals surface area contributed by atoms with Crippen molar-refractivity contribution in [3.8, 4) is 11.1 Å². The minimum Gasteiger partial charge on any atom is -0.448 e. The molecule has 0 saturated carbocycles.